The number of carbonyl (C=O) groups is 1. The van der Waals surface area contributed by atoms with E-state index in [9.17, 15) is 4.79 Å². The molecular formula is C18H29N5O. The van der Waals surface area contributed by atoms with Crippen LogP contribution in [-0.2, 0) is 11.3 Å². The van der Waals surface area contributed by atoms with Crippen molar-refractivity contribution in [3.05, 3.63) is 17.6 Å². The van der Waals surface area contributed by atoms with Crippen molar-refractivity contribution >= 4 is 11.7 Å². The first-order valence-corrected chi connectivity index (χ1v) is 9.10. The van der Waals surface area contributed by atoms with Crippen LogP contribution in [0.3, 0.4) is 0 Å². The van der Waals surface area contributed by atoms with Gasteiger partial charge in [0.05, 0.1) is 11.7 Å². The Kier molecular flexibility index (Phi) is 5.33. The Balaban J connectivity index is 1.86. The van der Waals surface area contributed by atoms with E-state index >= 15 is 0 Å². The molecule has 1 aromatic rings. The predicted molar refractivity (Wildman–Crippen MR) is 94.8 cm³/mol. The van der Waals surface area contributed by atoms with Gasteiger partial charge in [0.1, 0.15) is 5.82 Å². The van der Waals surface area contributed by atoms with Gasteiger partial charge in [-0.2, -0.15) is 0 Å². The third-order valence-corrected chi connectivity index (χ3v) is 5.14. The van der Waals surface area contributed by atoms with Crippen LogP contribution in [0.25, 0.3) is 0 Å². The molecule has 0 bridgehead atoms. The quantitative estimate of drug-likeness (QED) is 0.895. The summed E-state index contributed by atoms with van der Waals surface area (Å²) in [6.07, 6.45) is 6.48. The van der Waals surface area contributed by atoms with Crippen LogP contribution in [0.4, 0.5) is 5.82 Å². The summed E-state index contributed by atoms with van der Waals surface area (Å²) in [6.45, 7) is 1.55. The van der Waals surface area contributed by atoms with Gasteiger partial charge in [0.25, 0.3) is 0 Å². The fourth-order valence-electron chi connectivity index (χ4n) is 3.86. The lowest BCUT2D eigenvalue weighted by Crippen LogP contribution is -2.35. The smallest absolute Gasteiger partial charge is 0.226 e. The van der Waals surface area contributed by atoms with Crippen LogP contribution in [-0.4, -0.2) is 48.5 Å². The molecule has 2 fully saturated rings. The Morgan fingerprint density at radius 3 is 2.67 bits per heavy atom. The third kappa shape index (κ3) is 3.53. The van der Waals surface area contributed by atoms with Gasteiger partial charge >= 0.3 is 0 Å². The lowest BCUT2D eigenvalue weighted by molar-refractivity contribution is -0.136. The lowest BCUT2D eigenvalue weighted by Gasteiger charge is -2.27. The standard InChI is InChI=1S/C18H29N5O/c1-19-12-14-11-16(22(2)3)21-17(20-14)15-9-6-10-23(15)18(24)13-7-4-5-8-13/h11,13,15,19H,4-10,12H2,1-3H3. The van der Waals surface area contributed by atoms with E-state index in [2.05, 4.69) is 5.32 Å². The van der Waals surface area contributed by atoms with Crippen LogP contribution in [0.15, 0.2) is 6.07 Å². The SMILES string of the molecule is CNCc1cc(N(C)C)nc(C2CCCN2C(=O)C2CCCC2)n1. The van der Waals surface area contributed by atoms with Crippen molar-refractivity contribution in [2.45, 2.75) is 51.1 Å². The summed E-state index contributed by atoms with van der Waals surface area (Å²) in [5, 5.41) is 3.16. The molecule has 1 N–H and O–H groups in total. The Morgan fingerprint density at radius 1 is 1.25 bits per heavy atom. The molecule has 0 aromatic carbocycles. The average molecular weight is 331 g/mol. The Morgan fingerprint density at radius 2 is 2.00 bits per heavy atom. The first-order valence-electron chi connectivity index (χ1n) is 9.10. The molecule has 132 valence electrons. The van der Waals surface area contributed by atoms with Crippen LogP contribution < -0.4 is 10.2 Å². The Bertz CT molecular complexity index is 583. The molecule has 6 heteroatoms. The summed E-state index contributed by atoms with van der Waals surface area (Å²) >= 11 is 0. The van der Waals surface area contributed by atoms with Crippen LogP contribution >= 0.6 is 0 Å². The number of aromatic nitrogens is 2. The van der Waals surface area contributed by atoms with Crippen molar-refractivity contribution in [2.24, 2.45) is 5.92 Å². The minimum atomic E-state index is 0.0357. The first-order chi connectivity index (χ1) is 11.6. The fourth-order valence-corrected chi connectivity index (χ4v) is 3.86. The molecule has 3 rings (SSSR count). The zero-order chi connectivity index (χ0) is 17.1. The number of anilines is 1. The van der Waals surface area contributed by atoms with Crippen LogP contribution in [0.2, 0.25) is 0 Å². The number of hydrogen-bond donors (Lipinski definition) is 1. The molecule has 1 amide bonds. The van der Waals surface area contributed by atoms with Gasteiger partial charge in [0.15, 0.2) is 5.82 Å². The van der Waals surface area contributed by atoms with Gasteiger partial charge in [-0.05, 0) is 32.7 Å². The molecule has 1 aliphatic carbocycles. The van der Waals surface area contributed by atoms with E-state index in [0.717, 1.165) is 49.6 Å². The van der Waals surface area contributed by atoms with E-state index in [4.69, 9.17) is 9.97 Å². The predicted octanol–water partition coefficient (Wildman–Crippen LogP) is 2.12. The summed E-state index contributed by atoms with van der Waals surface area (Å²) < 4.78 is 0. The molecule has 1 unspecified atom stereocenters. The van der Waals surface area contributed by atoms with E-state index in [1.54, 1.807) is 0 Å². The molecule has 1 aliphatic heterocycles. The molecule has 1 saturated carbocycles. The molecular weight excluding hydrogens is 302 g/mol. The van der Waals surface area contributed by atoms with Gasteiger partial charge in [-0.25, -0.2) is 9.97 Å². The second-order valence-corrected chi connectivity index (χ2v) is 7.17. The lowest BCUT2D eigenvalue weighted by atomic mass is 10.1. The fraction of sp³-hybridized carbons (Fsp3) is 0.722. The zero-order valence-corrected chi connectivity index (χ0v) is 15.1. The summed E-state index contributed by atoms with van der Waals surface area (Å²) in [7, 11) is 5.90. The number of rotatable bonds is 5. The van der Waals surface area contributed by atoms with E-state index in [1.165, 1.54) is 12.8 Å². The van der Waals surface area contributed by atoms with Crippen molar-refractivity contribution < 1.29 is 4.79 Å². The largest absolute Gasteiger partial charge is 0.363 e. The number of nitrogens with one attached hydrogen (secondary N) is 1. The molecule has 0 spiro atoms. The van der Waals surface area contributed by atoms with Gasteiger partial charge < -0.3 is 15.1 Å². The summed E-state index contributed by atoms with van der Waals surface area (Å²) in [4.78, 5) is 26.5. The monoisotopic (exact) mass is 331 g/mol. The second kappa shape index (κ2) is 7.47. The maximum absolute atomic E-state index is 12.9. The van der Waals surface area contributed by atoms with Crippen LogP contribution in [0.1, 0.15) is 56.1 Å². The molecule has 1 saturated heterocycles. The van der Waals surface area contributed by atoms with Crippen LogP contribution in [0, 0.1) is 5.92 Å². The van der Waals surface area contributed by atoms with Crippen molar-refractivity contribution in [1.29, 1.82) is 0 Å². The summed E-state index contributed by atoms with van der Waals surface area (Å²) in [5.74, 6) is 2.25. The summed E-state index contributed by atoms with van der Waals surface area (Å²) in [6, 6.07) is 2.05. The van der Waals surface area contributed by atoms with E-state index in [-0.39, 0.29) is 12.0 Å². The van der Waals surface area contributed by atoms with Crippen molar-refractivity contribution in [2.75, 3.05) is 32.6 Å². The molecule has 1 aromatic heterocycles. The number of carbonyl (C=O) groups excluding carboxylic acids is 1. The highest BCUT2D eigenvalue weighted by atomic mass is 16.2. The maximum Gasteiger partial charge on any atom is 0.226 e. The summed E-state index contributed by atoms with van der Waals surface area (Å²) in [5.41, 5.74) is 0.978. The molecule has 1 atom stereocenters. The van der Waals surface area contributed by atoms with Gasteiger partial charge in [-0.15, -0.1) is 0 Å². The number of nitrogens with zero attached hydrogens (tertiary/aromatic N) is 4. The number of amides is 1. The number of hydrogen-bond acceptors (Lipinski definition) is 5. The second-order valence-electron chi connectivity index (χ2n) is 7.17. The Labute approximate surface area is 144 Å². The van der Waals surface area contributed by atoms with Crippen molar-refractivity contribution in [3.63, 3.8) is 0 Å². The minimum Gasteiger partial charge on any atom is -0.363 e. The molecule has 24 heavy (non-hydrogen) atoms. The molecule has 0 radical (unpaired) electrons. The van der Waals surface area contributed by atoms with E-state index in [0.29, 0.717) is 12.5 Å². The zero-order valence-electron chi connectivity index (χ0n) is 15.1. The highest BCUT2D eigenvalue weighted by molar-refractivity contribution is 5.79. The molecule has 2 aliphatic rings. The van der Waals surface area contributed by atoms with Crippen LogP contribution in [0.5, 0.6) is 0 Å². The third-order valence-electron chi connectivity index (χ3n) is 5.14. The van der Waals surface area contributed by atoms with Gasteiger partial charge in [0, 0.05) is 39.2 Å². The normalized spacial score (nSPS) is 21.5. The maximum atomic E-state index is 12.9. The van der Waals surface area contributed by atoms with E-state index in [1.807, 2.05) is 37.0 Å². The average Bonchev–Trinajstić information content (AvgIpc) is 3.26. The van der Waals surface area contributed by atoms with Crippen molar-refractivity contribution in [1.82, 2.24) is 20.2 Å². The first kappa shape index (κ1) is 17.1. The highest BCUT2D eigenvalue weighted by Crippen LogP contribution is 2.35. The molecule has 2 heterocycles. The highest BCUT2D eigenvalue weighted by Gasteiger charge is 2.36. The van der Waals surface area contributed by atoms with Gasteiger partial charge in [-0.1, -0.05) is 12.8 Å². The van der Waals surface area contributed by atoms with E-state index < -0.39 is 0 Å². The van der Waals surface area contributed by atoms with Gasteiger partial charge in [0.2, 0.25) is 5.91 Å². The minimum absolute atomic E-state index is 0.0357. The molecule has 6 nitrogen and oxygen atoms in total. The van der Waals surface area contributed by atoms with Gasteiger partial charge in [-0.3, -0.25) is 4.79 Å². The number of likely N-dealkylation sites (tertiary alicyclic amines) is 1. The van der Waals surface area contributed by atoms with Crippen molar-refractivity contribution in [3.8, 4) is 0 Å². The Hall–Kier alpha value is -1.69. The topological polar surface area (TPSA) is 61.4 Å².